The number of benzene rings is 1. The third kappa shape index (κ3) is 4.40. The van der Waals surface area contributed by atoms with Crippen molar-refractivity contribution in [2.75, 3.05) is 26.1 Å². The lowest BCUT2D eigenvalue weighted by molar-refractivity contribution is -0.385. The number of ether oxygens (including phenoxy) is 2. The van der Waals surface area contributed by atoms with Crippen LogP contribution in [0.2, 0.25) is 0 Å². The maximum atomic E-state index is 10.9. The van der Waals surface area contributed by atoms with Crippen LogP contribution in [-0.2, 0) is 4.74 Å². The molecule has 106 valence electrons. The van der Waals surface area contributed by atoms with Crippen molar-refractivity contribution in [3.05, 3.63) is 28.3 Å². The number of nitro groups is 1. The van der Waals surface area contributed by atoms with E-state index in [0.717, 1.165) is 6.42 Å². The van der Waals surface area contributed by atoms with Crippen LogP contribution in [0, 0.1) is 10.1 Å². The molecule has 0 heterocycles. The van der Waals surface area contributed by atoms with Gasteiger partial charge in [0, 0.05) is 25.4 Å². The number of nitrogens with zero attached hydrogens (tertiary/aromatic N) is 1. The van der Waals surface area contributed by atoms with E-state index in [9.17, 15) is 10.1 Å². The van der Waals surface area contributed by atoms with Gasteiger partial charge in [0.05, 0.1) is 17.6 Å². The van der Waals surface area contributed by atoms with Crippen molar-refractivity contribution in [3.63, 3.8) is 0 Å². The molecule has 1 rings (SSSR count). The van der Waals surface area contributed by atoms with Crippen molar-refractivity contribution >= 4 is 11.4 Å². The molecule has 0 atom stereocenters. The van der Waals surface area contributed by atoms with Crippen LogP contribution in [0.3, 0.4) is 0 Å². The van der Waals surface area contributed by atoms with Gasteiger partial charge in [-0.25, -0.2) is 0 Å². The first-order valence-corrected chi connectivity index (χ1v) is 6.01. The summed E-state index contributed by atoms with van der Waals surface area (Å²) in [5.74, 6) is 0.257. The summed E-state index contributed by atoms with van der Waals surface area (Å²) < 4.78 is 10.3. The molecule has 0 aliphatic heterocycles. The minimum absolute atomic E-state index is 0.0431. The van der Waals surface area contributed by atoms with Crippen LogP contribution in [0.1, 0.15) is 20.3 Å². The Labute approximate surface area is 112 Å². The standard InChI is InChI=1S/C13H20N2O4/c1-13(2,19-4)7-8-14-10-5-6-12(18-3)11(9-10)15(16)17/h5-6,9,14H,7-8H2,1-4H3. The van der Waals surface area contributed by atoms with Crippen molar-refractivity contribution in [1.29, 1.82) is 0 Å². The van der Waals surface area contributed by atoms with Gasteiger partial charge in [0.2, 0.25) is 0 Å². The first kappa shape index (κ1) is 15.2. The van der Waals surface area contributed by atoms with Crippen molar-refractivity contribution in [2.45, 2.75) is 25.9 Å². The molecule has 0 saturated carbocycles. The van der Waals surface area contributed by atoms with Crippen LogP contribution in [-0.4, -0.2) is 31.3 Å². The van der Waals surface area contributed by atoms with E-state index in [-0.39, 0.29) is 17.0 Å². The lowest BCUT2D eigenvalue weighted by Gasteiger charge is -2.23. The van der Waals surface area contributed by atoms with Crippen molar-refractivity contribution in [1.82, 2.24) is 0 Å². The van der Waals surface area contributed by atoms with Gasteiger partial charge in [0.1, 0.15) is 0 Å². The van der Waals surface area contributed by atoms with Gasteiger partial charge in [-0.05, 0) is 32.4 Å². The van der Waals surface area contributed by atoms with Crippen LogP contribution < -0.4 is 10.1 Å². The molecule has 1 N–H and O–H groups in total. The summed E-state index contributed by atoms with van der Waals surface area (Å²) in [6, 6.07) is 4.81. The molecule has 6 heteroatoms. The Hall–Kier alpha value is -1.82. The minimum Gasteiger partial charge on any atom is -0.490 e. The van der Waals surface area contributed by atoms with Crippen molar-refractivity contribution in [3.8, 4) is 5.75 Å². The third-order valence-electron chi connectivity index (χ3n) is 2.98. The molecule has 19 heavy (non-hydrogen) atoms. The van der Waals surface area contributed by atoms with Crippen LogP contribution in [0.5, 0.6) is 5.75 Å². The highest BCUT2D eigenvalue weighted by Crippen LogP contribution is 2.29. The number of hydrogen-bond donors (Lipinski definition) is 1. The molecule has 0 aliphatic rings. The van der Waals surface area contributed by atoms with E-state index >= 15 is 0 Å². The fourth-order valence-corrected chi connectivity index (χ4v) is 1.55. The highest BCUT2D eigenvalue weighted by atomic mass is 16.6. The molecule has 1 aromatic rings. The minimum atomic E-state index is -0.455. The highest BCUT2D eigenvalue weighted by molar-refractivity contribution is 5.58. The first-order chi connectivity index (χ1) is 8.89. The zero-order chi connectivity index (χ0) is 14.5. The van der Waals surface area contributed by atoms with Crippen LogP contribution in [0.15, 0.2) is 18.2 Å². The molecule has 6 nitrogen and oxygen atoms in total. The zero-order valence-electron chi connectivity index (χ0n) is 11.7. The van der Waals surface area contributed by atoms with Gasteiger partial charge in [-0.15, -0.1) is 0 Å². The molecule has 0 unspecified atom stereocenters. The second-order valence-electron chi connectivity index (χ2n) is 4.78. The summed E-state index contributed by atoms with van der Waals surface area (Å²) in [5.41, 5.74) is 0.434. The van der Waals surface area contributed by atoms with E-state index in [0.29, 0.717) is 12.2 Å². The topological polar surface area (TPSA) is 73.6 Å². The molecular weight excluding hydrogens is 248 g/mol. The molecule has 0 amide bonds. The Bertz CT molecular complexity index is 446. The largest absolute Gasteiger partial charge is 0.490 e. The Morgan fingerprint density at radius 3 is 2.58 bits per heavy atom. The Morgan fingerprint density at radius 1 is 1.37 bits per heavy atom. The first-order valence-electron chi connectivity index (χ1n) is 6.01. The maximum Gasteiger partial charge on any atom is 0.312 e. The summed E-state index contributed by atoms with van der Waals surface area (Å²) in [5, 5.41) is 14.0. The highest BCUT2D eigenvalue weighted by Gasteiger charge is 2.17. The van der Waals surface area contributed by atoms with Gasteiger partial charge in [0.25, 0.3) is 0 Å². The van der Waals surface area contributed by atoms with Crippen molar-refractivity contribution in [2.24, 2.45) is 0 Å². The van der Waals surface area contributed by atoms with E-state index in [1.807, 2.05) is 13.8 Å². The number of nitro benzene ring substituents is 1. The summed E-state index contributed by atoms with van der Waals surface area (Å²) >= 11 is 0. The average molecular weight is 268 g/mol. The molecule has 0 aromatic heterocycles. The van der Waals surface area contributed by atoms with E-state index in [2.05, 4.69) is 5.32 Å². The second-order valence-corrected chi connectivity index (χ2v) is 4.78. The van der Waals surface area contributed by atoms with E-state index in [4.69, 9.17) is 9.47 Å². The van der Waals surface area contributed by atoms with Gasteiger partial charge < -0.3 is 14.8 Å². The Morgan fingerprint density at radius 2 is 2.05 bits per heavy atom. The third-order valence-corrected chi connectivity index (χ3v) is 2.98. The summed E-state index contributed by atoms with van der Waals surface area (Å²) in [4.78, 5) is 10.4. The van der Waals surface area contributed by atoms with Crippen LogP contribution >= 0.6 is 0 Å². The van der Waals surface area contributed by atoms with Crippen LogP contribution in [0.4, 0.5) is 11.4 Å². The number of rotatable bonds is 7. The Kier molecular flexibility index (Phi) is 5.11. The average Bonchev–Trinajstić information content (AvgIpc) is 2.38. The summed E-state index contributed by atoms with van der Waals surface area (Å²) in [6.07, 6.45) is 0.795. The number of nitrogens with one attached hydrogen (secondary N) is 1. The van der Waals surface area contributed by atoms with Crippen LogP contribution in [0.25, 0.3) is 0 Å². The van der Waals surface area contributed by atoms with Gasteiger partial charge in [-0.2, -0.15) is 0 Å². The molecule has 0 radical (unpaired) electrons. The lowest BCUT2D eigenvalue weighted by Crippen LogP contribution is -2.25. The fraction of sp³-hybridized carbons (Fsp3) is 0.538. The summed E-state index contributed by atoms with van der Waals surface area (Å²) in [7, 11) is 3.08. The number of methoxy groups -OCH3 is 2. The fourth-order valence-electron chi connectivity index (χ4n) is 1.55. The van der Waals surface area contributed by atoms with E-state index in [1.165, 1.54) is 13.2 Å². The molecule has 0 bridgehead atoms. The summed E-state index contributed by atoms with van der Waals surface area (Å²) in [6.45, 7) is 4.65. The van der Waals surface area contributed by atoms with Gasteiger partial charge in [0.15, 0.2) is 5.75 Å². The normalized spacial score (nSPS) is 11.2. The quantitative estimate of drug-likeness (QED) is 0.608. The monoisotopic (exact) mass is 268 g/mol. The maximum absolute atomic E-state index is 10.9. The molecule has 1 aromatic carbocycles. The zero-order valence-corrected chi connectivity index (χ0v) is 11.7. The molecule has 0 spiro atoms. The molecular formula is C13H20N2O4. The molecule has 0 aliphatic carbocycles. The van der Waals surface area contributed by atoms with Gasteiger partial charge >= 0.3 is 5.69 Å². The van der Waals surface area contributed by atoms with E-state index in [1.54, 1.807) is 19.2 Å². The second kappa shape index (κ2) is 6.38. The smallest absolute Gasteiger partial charge is 0.312 e. The molecule has 0 fully saturated rings. The van der Waals surface area contributed by atoms with Gasteiger partial charge in [-0.1, -0.05) is 0 Å². The Balaban J connectivity index is 2.70. The predicted octanol–water partition coefficient (Wildman–Crippen LogP) is 2.83. The van der Waals surface area contributed by atoms with Gasteiger partial charge in [-0.3, -0.25) is 10.1 Å². The predicted molar refractivity (Wildman–Crippen MR) is 73.8 cm³/mol. The van der Waals surface area contributed by atoms with Crippen molar-refractivity contribution < 1.29 is 14.4 Å². The SMILES string of the molecule is COc1ccc(NCCC(C)(C)OC)cc1[N+](=O)[O-]. The lowest BCUT2D eigenvalue weighted by atomic mass is 10.1. The number of anilines is 1. The van der Waals surface area contributed by atoms with E-state index < -0.39 is 4.92 Å². The molecule has 0 saturated heterocycles. The number of hydrogen-bond acceptors (Lipinski definition) is 5.